The molecule has 0 spiro atoms. The summed E-state index contributed by atoms with van der Waals surface area (Å²) in [5, 5.41) is 3.47. The molecule has 1 aromatic carbocycles. The molecule has 130 valence electrons. The fourth-order valence-corrected chi connectivity index (χ4v) is 2.79. The van der Waals surface area contributed by atoms with Crippen LogP contribution in [0.25, 0.3) is 17.1 Å². The van der Waals surface area contributed by atoms with Gasteiger partial charge in [-0.05, 0) is 24.3 Å². The molecule has 0 unspecified atom stereocenters. The van der Waals surface area contributed by atoms with Crippen LogP contribution < -0.4 is 5.32 Å². The molecule has 0 bridgehead atoms. The van der Waals surface area contributed by atoms with Crippen molar-refractivity contribution in [3.63, 3.8) is 0 Å². The maximum absolute atomic E-state index is 12.2. The second-order valence-corrected chi connectivity index (χ2v) is 6.24. The van der Waals surface area contributed by atoms with Crippen LogP contribution in [-0.2, 0) is 17.8 Å². The van der Waals surface area contributed by atoms with E-state index in [4.69, 9.17) is 16.0 Å². The lowest BCUT2D eigenvalue weighted by Gasteiger charge is -2.00. The Kier molecular flexibility index (Phi) is 4.41. The number of imidazole rings is 1. The van der Waals surface area contributed by atoms with Gasteiger partial charge in [-0.15, -0.1) is 0 Å². The Morgan fingerprint density at radius 3 is 2.77 bits per heavy atom. The molecule has 0 saturated carbocycles. The zero-order valence-corrected chi connectivity index (χ0v) is 14.5. The number of nitrogens with zero attached hydrogens (tertiary/aromatic N) is 3. The third kappa shape index (κ3) is 3.60. The number of oxazole rings is 1. The largest absolute Gasteiger partial charge is 0.444 e. The van der Waals surface area contributed by atoms with Gasteiger partial charge in [-0.3, -0.25) is 4.79 Å². The van der Waals surface area contributed by atoms with Crippen molar-refractivity contribution in [2.24, 2.45) is 0 Å². The second-order valence-electron chi connectivity index (χ2n) is 5.81. The fourth-order valence-electron chi connectivity index (χ4n) is 2.62. The zero-order chi connectivity index (χ0) is 17.9. The number of fused-ring (bicyclic) bond motifs is 1. The smallest absolute Gasteiger partial charge is 0.226 e. The summed E-state index contributed by atoms with van der Waals surface area (Å²) in [7, 11) is 0. The van der Waals surface area contributed by atoms with Gasteiger partial charge in [0.2, 0.25) is 11.8 Å². The molecular formula is C19H15ClN4O2. The number of hydrogen-bond donors (Lipinski definition) is 1. The van der Waals surface area contributed by atoms with Crippen molar-refractivity contribution in [3.8, 4) is 11.5 Å². The van der Waals surface area contributed by atoms with Crippen LogP contribution in [-0.4, -0.2) is 20.3 Å². The molecule has 26 heavy (non-hydrogen) atoms. The topological polar surface area (TPSA) is 72.4 Å². The number of hydrogen-bond acceptors (Lipinski definition) is 4. The van der Waals surface area contributed by atoms with Crippen molar-refractivity contribution in [1.82, 2.24) is 19.7 Å². The standard InChI is InChI=1S/C19H15ClN4O2/c20-14-6-7-17-22-16(11-24(17)10-14)9-21-18(25)8-15-12-26-19(23-15)13-4-2-1-3-5-13/h1-7,10-12H,8-9H2,(H,21,25). The number of nitrogens with one attached hydrogen (secondary N) is 1. The molecule has 1 N–H and O–H groups in total. The monoisotopic (exact) mass is 366 g/mol. The highest BCUT2D eigenvalue weighted by atomic mass is 35.5. The molecule has 4 rings (SSSR count). The lowest BCUT2D eigenvalue weighted by atomic mass is 10.2. The summed E-state index contributed by atoms with van der Waals surface area (Å²) in [5.41, 5.74) is 3.00. The summed E-state index contributed by atoms with van der Waals surface area (Å²) in [5.74, 6) is 0.360. The van der Waals surface area contributed by atoms with E-state index in [-0.39, 0.29) is 12.3 Å². The van der Waals surface area contributed by atoms with E-state index < -0.39 is 0 Å². The number of carbonyl (C=O) groups excluding carboxylic acids is 1. The van der Waals surface area contributed by atoms with Crippen LogP contribution in [0.1, 0.15) is 11.4 Å². The molecule has 0 aliphatic carbocycles. The van der Waals surface area contributed by atoms with Gasteiger partial charge in [0.05, 0.1) is 29.4 Å². The van der Waals surface area contributed by atoms with E-state index in [2.05, 4.69) is 15.3 Å². The van der Waals surface area contributed by atoms with Gasteiger partial charge in [0.1, 0.15) is 11.9 Å². The third-order valence-corrected chi connectivity index (χ3v) is 4.07. The summed E-state index contributed by atoms with van der Waals surface area (Å²) in [6.07, 6.45) is 5.27. The minimum atomic E-state index is -0.145. The van der Waals surface area contributed by atoms with Gasteiger partial charge in [-0.25, -0.2) is 9.97 Å². The van der Waals surface area contributed by atoms with E-state index in [1.807, 2.05) is 47.0 Å². The first kappa shape index (κ1) is 16.4. The number of halogens is 1. The Hall–Kier alpha value is -3.12. The number of aromatic nitrogens is 3. The Morgan fingerprint density at radius 1 is 1.08 bits per heavy atom. The highest BCUT2D eigenvalue weighted by Crippen LogP contribution is 2.18. The lowest BCUT2D eigenvalue weighted by Crippen LogP contribution is -2.24. The van der Waals surface area contributed by atoms with Gasteiger partial charge >= 0.3 is 0 Å². The lowest BCUT2D eigenvalue weighted by molar-refractivity contribution is -0.120. The molecule has 0 aliphatic rings. The van der Waals surface area contributed by atoms with Crippen molar-refractivity contribution in [3.05, 3.63) is 77.5 Å². The summed E-state index contributed by atoms with van der Waals surface area (Å²) < 4.78 is 7.27. The van der Waals surface area contributed by atoms with Gasteiger partial charge in [0.15, 0.2) is 0 Å². The van der Waals surface area contributed by atoms with Gasteiger partial charge in [-0.1, -0.05) is 29.8 Å². The Balaban J connectivity index is 1.37. The van der Waals surface area contributed by atoms with Crippen LogP contribution in [0, 0.1) is 0 Å². The van der Waals surface area contributed by atoms with Gasteiger partial charge in [0.25, 0.3) is 0 Å². The van der Waals surface area contributed by atoms with Gasteiger partial charge in [0, 0.05) is 18.0 Å². The number of amides is 1. The summed E-state index contributed by atoms with van der Waals surface area (Å²) in [6, 6.07) is 13.2. The molecule has 1 amide bonds. The maximum atomic E-state index is 12.2. The minimum absolute atomic E-state index is 0.145. The average molecular weight is 367 g/mol. The molecule has 4 aromatic rings. The molecule has 0 saturated heterocycles. The van der Waals surface area contributed by atoms with E-state index in [9.17, 15) is 4.79 Å². The minimum Gasteiger partial charge on any atom is -0.444 e. The van der Waals surface area contributed by atoms with Gasteiger partial charge in [-0.2, -0.15) is 0 Å². The molecular weight excluding hydrogens is 352 g/mol. The average Bonchev–Trinajstić information content (AvgIpc) is 3.27. The van der Waals surface area contributed by atoms with Crippen molar-refractivity contribution < 1.29 is 9.21 Å². The molecule has 0 fully saturated rings. The number of benzene rings is 1. The van der Waals surface area contributed by atoms with E-state index >= 15 is 0 Å². The van der Waals surface area contributed by atoms with Crippen molar-refractivity contribution in [2.45, 2.75) is 13.0 Å². The fraction of sp³-hybridized carbons (Fsp3) is 0.105. The van der Waals surface area contributed by atoms with Gasteiger partial charge < -0.3 is 14.1 Å². The van der Waals surface area contributed by atoms with E-state index in [0.717, 1.165) is 16.9 Å². The molecule has 3 heterocycles. The van der Waals surface area contributed by atoms with Crippen LogP contribution in [0.4, 0.5) is 0 Å². The number of pyridine rings is 1. The number of carbonyl (C=O) groups is 1. The predicted molar refractivity (Wildman–Crippen MR) is 97.7 cm³/mol. The Morgan fingerprint density at radius 2 is 1.92 bits per heavy atom. The molecule has 0 radical (unpaired) electrons. The quantitative estimate of drug-likeness (QED) is 0.586. The number of rotatable bonds is 5. The van der Waals surface area contributed by atoms with E-state index in [0.29, 0.717) is 23.2 Å². The van der Waals surface area contributed by atoms with Crippen LogP contribution in [0.5, 0.6) is 0 Å². The molecule has 0 atom stereocenters. The first-order valence-corrected chi connectivity index (χ1v) is 8.45. The molecule has 7 heteroatoms. The normalized spacial score (nSPS) is 11.0. The highest BCUT2D eigenvalue weighted by Gasteiger charge is 2.11. The van der Waals surface area contributed by atoms with Crippen molar-refractivity contribution in [1.29, 1.82) is 0 Å². The van der Waals surface area contributed by atoms with E-state index in [1.54, 1.807) is 12.3 Å². The first-order chi connectivity index (χ1) is 12.7. The second kappa shape index (κ2) is 7.01. The highest BCUT2D eigenvalue weighted by molar-refractivity contribution is 6.30. The van der Waals surface area contributed by atoms with Crippen molar-refractivity contribution in [2.75, 3.05) is 0 Å². The summed E-state index contributed by atoms with van der Waals surface area (Å²) in [4.78, 5) is 20.9. The van der Waals surface area contributed by atoms with Crippen molar-refractivity contribution >= 4 is 23.2 Å². The van der Waals surface area contributed by atoms with Crippen LogP contribution in [0.2, 0.25) is 5.02 Å². The SMILES string of the molecule is O=C(Cc1coc(-c2ccccc2)n1)NCc1cn2cc(Cl)ccc2n1. The Labute approximate surface area is 154 Å². The zero-order valence-electron chi connectivity index (χ0n) is 13.7. The summed E-state index contributed by atoms with van der Waals surface area (Å²) >= 11 is 5.96. The Bertz CT molecular complexity index is 1060. The van der Waals surface area contributed by atoms with E-state index in [1.165, 1.54) is 6.26 Å². The molecule has 6 nitrogen and oxygen atoms in total. The van der Waals surface area contributed by atoms with Crippen LogP contribution >= 0.6 is 11.6 Å². The molecule has 3 aromatic heterocycles. The third-order valence-electron chi connectivity index (χ3n) is 3.85. The first-order valence-electron chi connectivity index (χ1n) is 8.07. The van der Waals surface area contributed by atoms with Crippen LogP contribution in [0.3, 0.4) is 0 Å². The summed E-state index contributed by atoms with van der Waals surface area (Å²) in [6.45, 7) is 0.335. The van der Waals surface area contributed by atoms with Crippen LogP contribution in [0.15, 0.2) is 65.5 Å². The molecule has 0 aliphatic heterocycles. The predicted octanol–water partition coefficient (Wildman–Crippen LogP) is 3.50. The maximum Gasteiger partial charge on any atom is 0.226 e.